The van der Waals surface area contributed by atoms with Crippen LogP contribution < -0.4 is 0 Å². The molecule has 2 saturated carbocycles. The Kier molecular flexibility index (Phi) is 4.01. The Morgan fingerprint density at radius 2 is 1.86 bits per heavy atom. The van der Waals surface area contributed by atoms with E-state index in [1.54, 1.807) is 0 Å². The van der Waals surface area contributed by atoms with Gasteiger partial charge in [0.05, 0.1) is 6.10 Å². The second kappa shape index (κ2) is 4.84. The van der Waals surface area contributed by atoms with Gasteiger partial charge >= 0.3 is 0 Å². The lowest BCUT2D eigenvalue weighted by Crippen LogP contribution is -2.38. The SMILES string of the molecule is C#C.CC12CCCCC1CC(O)CC2. The average molecular weight is 194 g/mol. The average Bonchev–Trinajstić information content (AvgIpc) is 2.22. The predicted octanol–water partition coefficient (Wildman–Crippen LogP) is 2.98. The topological polar surface area (TPSA) is 20.2 Å². The highest BCUT2D eigenvalue weighted by Crippen LogP contribution is 2.49. The molecule has 1 nitrogen and oxygen atoms in total. The van der Waals surface area contributed by atoms with Gasteiger partial charge < -0.3 is 5.11 Å². The van der Waals surface area contributed by atoms with Gasteiger partial charge in [0.15, 0.2) is 0 Å². The summed E-state index contributed by atoms with van der Waals surface area (Å²) in [6.07, 6.45) is 17.0. The Hall–Kier alpha value is -0.480. The molecule has 3 atom stereocenters. The normalized spacial score (nSPS) is 41.7. The van der Waals surface area contributed by atoms with E-state index in [-0.39, 0.29) is 6.10 Å². The molecule has 3 unspecified atom stereocenters. The third-order valence-corrected chi connectivity index (χ3v) is 4.14. The molecule has 0 aromatic heterocycles. The van der Waals surface area contributed by atoms with Crippen LogP contribution in [-0.2, 0) is 0 Å². The molecule has 0 amide bonds. The zero-order valence-corrected chi connectivity index (χ0v) is 9.21. The number of hydrogen-bond acceptors (Lipinski definition) is 1. The van der Waals surface area contributed by atoms with Crippen molar-refractivity contribution in [2.24, 2.45) is 11.3 Å². The lowest BCUT2D eigenvalue weighted by molar-refractivity contribution is -0.00751. The molecule has 2 aliphatic rings. The Bertz CT molecular complexity index is 197. The molecule has 2 aliphatic carbocycles. The highest BCUT2D eigenvalue weighted by atomic mass is 16.3. The van der Waals surface area contributed by atoms with E-state index in [2.05, 4.69) is 19.8 Å². The molecule has 14 heavy (non-hydrogen) atoms. The van der Waals surface area contributed by atoms with Crippen LogP contribution in [0.2, 0.25) is 0 Å². The third-order valence-electron chi connectivity index (χ3n) is 4.14. The largest absolute Gasteiger partial charge is 0.393 e. The van der Waals surface area contributed by atoms with Crippen molar-refractivity contribution in [3.63, 3.8) is 0 Å². The quantitative estimate of drug-likeness (QED) is 0.588. The minimum Gasteiger partial charge on any atom is -0.393 e. The Morgan fingerprint density at radius 3 is 2.57 bits per heavy atom. The first-order valence-electron chi connectivity index (χ1n) is 5.72. The van der Waals surface area contributed by atoms with E-state index in [1.165, 1.54) is 32.1 Å². The number of aliphatic hydroxyl groups is 1. The fourth-order valence-electron chi connectivity index (χ4n) is 3.15. The Balaban J connectivity index is 0.000000461. The summed E-state index contributed by atoms with van der Waals surface area (Å²) >= 11 is 0. The minimum absolute atomic E-state index is 0.0150. The van der Waals surface area contributed by atoms with Crippen LogP contribution in [-0.4, -0.2) is 11.2 Å². The molecule has 0 radical (unpaired) electrons. The van der Waals surface area contributed by atoms with Gasteiger partial charge in [-0.05, 0) is 43.4 Å². The fourth-order valence-corrected chi connectivity index (χ4v) is 3.15. The minimum atomic E-state index is 0.0150. The monoisotopic (exact) mass is 194 g/mol. The summed E-state index contributed by atoms with van der Waals surface area (Å²) in [7, 11) is 0. The summed E-state index contributed by atoms with van der Waals surface area (Å²) in [6.45, 7) is 2.43. The maximum atomic E-state index is 9.56. The number of fused-ring (bicyclic) bond motifs is 1. The van der Waals surface area contributed by atoms with E-state index >= 15 is 0 Å². The van der Waals surface area contributed by atoms with E-state index in [1.807, 2.05) is 0 Å². The van der Waals surface area contributed by atoms with Gasteiger partial charge in [0, 0.05) is 0 Å². The van der Waals surface area contributed by atoms with Crippen LogP contribution in [0.3, 0.4) is 0 Å². The van der Waals surface area contributed by atoms with Crippen molar-refractivity contribution in [3.05, 3.63) is 0 Å². The predicted molar refractivity (Wildman–Crippen MR) is 59.8 cm³/mol. The van der Waals surface area contributed by atoms with Crippen molar-refractivity contribution in [3.8, 4) is 12.8 Å². The molecule has 0 saturated heterocycles. The van der Waals surface area contributed by atoms with Gasteiger partial charge in [-0.2, -0.15) is 0 Å². The first-order chi connectivity index (χ1) is 6.71. The number of terminal acetylenes is 1. The lowest BCUT2D eigenvalue weighted by atomic mass is 9.60. The maximum absolute atomic E-state index is 9.56. The molecule has 80 valence electrons. The van der Waals surface area contributed by atoms with Gasteiger partial charge in [-0.15, -0.1) is 12.8 Å². The molecule has 1 N–H and O–H groups in total. The summed E-state index contributed by atoms with van der Waals surface area (Å²) in [5, 5.41) is 9.56. The van der Waals surface area contributed by atoms with Crippen LogP contribution >= 0.6 is 0 Å². The van der Waals surface area contributed by atoms with Crippen molar-refractivity contribution in [2.45, 2.75) is 58.0 Å². The number of hydrogen-bond donors (Lipinski definition) is 1. The molecule has 0 bridgehead atoms. The third kappa shape index (κ3) is 2.30. The van der Waals surface area contributed by atoms with Crippen molar-refractivity contribution in [1.82, 2.24) is 0 Å². The Labute approximate surface area is 87.9 Å². The zero-order valence-electron chi connectivity index (χ0n) is 9.21. The van der Waals surface area contributed by atoms with Crippen molar-refractivity contribution >= 4 is 0 Å². The highest BCUT2D eigenvalue weighted by molar-refractivity contribution is 4.91. The summed E-state index contributed by atoms with van der Waals surface area (Å²) in [5.74, 6) is 0.829. The van der Waals surface area contributed by atoms with Gasteiger partial charge in [0.25, 0.3) is 0 Å². The highest BCUT2D eigenvalue weighted by Gasteiger charge is 2.40. The summed E-state index contributed by atoms with van der Waals surface area (Å²) < 4.78 is 0. The first kappa shape index (κ1) is 11.6. The van der Waals surface area contributed by atoms with Crippen LogP contribution in [0.1, 0.15) is 51.9 Å². The summed E-state index contributed by atoms with van der Waals surface area (Å²) in [6, 6.07) is 0. The Morgan fingerprint density at radius 1 is 1.14 bits per heavy atom. The second-order valence-corrected chi connectivity index (χ2v) is 5.02. The van der Waals surface area contributed by atoms with E-state index in [4.69, 9.17) is 0 Å². The van der Waals surface area contributed by atoms with Crippen molar-refractivity contribution in [2.75, 3.05) is 0 Å². The lowest BCUT2D eigenvalue weighted by Gasteiger charge is -2.46. The smallest absolute Gasteiger partial charge is 0.0543 e. The maximum Gasteiger partial charge on any atom is 0.0543 e. The molecule has 0 aliphatic heterocycles. The number of rotatable bonds is 0. The van der Waals surface area contributed by atoms with Gasteiger partial charge in [-0.25, -0.2) is 0 Å². The van der Waals surface area contributed by atoms with Crippen LogP contribution in [0.5, 0.6) is 0 Å². The standard InChI is InChI=1S/C11H20O.C2H2/c1-11-6-3-2-4-9(11)8-10(12)5-7-11;1-2/h9-10,12H,2-8H2,1H3;1-2H. The van der Waals surface area contributed by atoms with Crippen LogP contribution in [0, 0.1) is 24.2 Å². The summed E-state index contributed by atoms with van der Waals surface area (Å²) in [5.41, 5.74) is 0.595. The van der Waals surface area contributed by atoms with Crippen LogP contribution in [0.25, 0.3) is 0 Å². The van der Waals surface area contributed by atoms with E-state index in [0.29, 0.717) is 5.41 Å². The van der Waals surface area contributed by atoms with Gasteiger partial charge in [-0.3, -0.25) is 0 Å². The molecular weight excluding hydrogens is 172 g/mol. The van der Waals surface area contributed by atoms with E-state index < -0.39 is 0 Å². The van der Waals surface area contributed by atoms with Gasteiger partial charge in [0.2, 0.25) is 0 Å². The molecule has 0 heterocycles. The molecule has 0 aromatic carbocycles. The van der Waals surface area contributed by atoms with Crippen LogP contribution in [0.15, 0.2) is 0 Å². The molecular formula is C13H22O. The van der Waals surface area contributed by atoms with Crippen molar-refractivity contribution in [1.29, 1.82) is 0 Å². The zero-order chi connectivity index (χ0) is 10.6. The van der Waals surface area contributed by atoms with Gasteiger partial charge in [0.1, 0.15) is 0 Å². The molecule has 2 rings (SSSR count). The first-order valence-corrected chi connectivity index (χ1v) is 5.72. The fraction of sp³-hybridized carbons (Fsp3) is 0.846. The molecule has 0 aromatic rings. The molecule has 0 spiro atoms. The van der Waals surface area contributed by atoms with Crippen molar-refractivity contribution < 1.29 is 5.11 Å². The second-order valence-electron chi connectivity index (χ2n) is 5.02. The van der Waals surface area contributed by atoms with E-state index in [0.717, 1.165) is 18.8 Å². The van der Waals surface area contributed by atoms with Gasteiger partial charge in [-0.1, -0.05) is 19.8 Å². The molecule has 2 fully saturated rings. The number of aliphatic hydroxyl groups excluding tert-OH is 1. The van der Waals surface area contributed by atoms with Crippen LogP contribution in [0.4, 0.5) is 0 Å². The summed E-state index contributed by atoms with van der Waals surface area (Å²) in [4.78, 5) is 0. The van der Waals surface area contributed by atoms with E-state index in [9.17, 15) is 5.11 Å². The molecule has 1 heteroatoms.